The highest BCUT2D eigenvalue weighted by Gasteiger charge is 2.39. The zero-order chi connectivity index (χ0) is 15.6. The van der Waals surface area contributed by atoms with Gasteiger partial charge in [-0.2, -0.15) is 0 Å². The van der Waals surface area contributed by atoms with Gasteiger partial charge in [0, 0.05) is 16.8 Å². The predicted octanol–water partition coefficient (Wildman–Crippen LogP) is 3.67. The summed E-state index contributed by atoms with van der Waals surface area (Å²) in [4.78, 5) is 23.9. The summed E-state index contributed by atoms with van der Waals surface area (Å²) in [5, 5.41) is 15.4. The Morgan fingerprint density at radius 1 is 1.18 bits per heavy atom. The highest BCUT2D eigenvalue weighted by molar-refractivity contribution is 7.17. The van der Waals surface area contributed by atoms with Crippen LogP contribution >= 0.6 is 11.3 Å². The van der Waals surface area contributed by atoms with Crippen LogP contribution in [0.25, 0.3) is 10.1 Å². The zero-order valence-electron chi connectivity index (χ0n) is 12.3. The van der Waals surface area contributed by atoms with E-state index in [0.29, 0.717) is 18.4 Å². The molecule has 0 bridgehead atoms. The SMILES string of the molecule is O=C(NCC1(C(=O)O)CCCCC1)c1ccc2sccc2c1. The maximum atomic E-state index is 12.3. The first kappa shape index (κ1) is 15.0. The molecule has 0 radical (unpaired) electrons. The number of carboxylic acids is 1. The molecule has 1 heterocycles. The van der Waals surface area contributed by atoms with Gasteiger partial charge in [0.25, 0.3) is 5.91 Å². The van der Waals surface area contributed by atoms with Crippen LogP contribution in [0.4, 0.5) is 0 Å². The molecule has 0 spiro atoms. The molecule has 116 valence electrons. The number of carbonyl (C=O) groups excluding carboxylic acids is 1. The highest BCUT2D eigenvalue weighted by Crippen LogP contribution is 2.36. The number of rotatable bonds is 4. The second-order valence-electron chi connectivity index (χ2n) is 6.00. The summed E-state index contributed by atoms with van der Waals surface area (Å²) >= 11 is 1.64. The number of aliphatic carboxylic acids is 1. The summed E-state index contributed by atoms with van der Waals surface area (Å²) in [6.45, 7) is 0.211. The van der Waals surface area contributed by atoms with Crippen LogP contribution < -0.4 is 5.32 Å². The summed E-state index contributed by atoms with van der Waals surface area (Å²) in [7, 11) is 0. The highest BCUT2D eigenvalue weighted by atomic mass is 32.1. The average Bonchev–Trinajstić information content (AvgIpc) is 3.01. The van der Waals surface area contributed by atoms with Crippen molar-refractivity contribution >= 4 is 33.3 Å². The second kappa shape index (κ2) is 6.08. The van der Waals surface area contributed by atoms with Crippen molar-refractivity contribution in [2.24, 2.45) is 5.41 Å². The van der Waals surface area contributed by atoms with Crippen molar-refractivity contribution in [3.8, 4) is 0 Å². The van der Waals surface area contributed by atoms with Crippen LogP contribution in [0, 0.1) is 5.41 Å². The monoisotopic (exact) mass is 317 g/mol. The first-order valence-electron chi connectivity index (χ1n) is 7.60. The van der Waals surface area contributed by atoms with Crippen LogP contribution in [0.15, 0.2) is 29.6 Å². The van der Waals surface area contributed by atoms with E-state index in [9.17, 15) is 14.7 Å². The van der Waals surface area contributed by atoms with Crippen molar-refractivity contribution in [2.45, 2.75) is 32.1 Å². The summed E-state index contributed by atoms with van der Waals surface area (Å²) in [5.41, 5.74) is -0.206. The van der Waals surface area contributed by atoms with Gasteiger partial charge in [-0.25, -0.2) is 0 Å². The van der Waals surface area contributed by atoms with Crippen molar-refractivity contribution in [1.29, 1.82) is 0 Å². The van der Waals surface area contributed by atoms with E-state index >= 15 is 0 Å². The minimum atomic E-state index is -0.791. The Labute approximate surface area is 133 Å². The van der Waals surface area contributed by atoms with E-state index in [4.69, 9.17) is 0 Å². The number of amides is 1. The molecule has 0 aliphatic heterocycles. The van der Waals surface area contributed by atoms with Gasteiger partial charge in [0.05, 0.1) is 5.41 Å². The van der Waals surface area contributed by atoms with Gasteiger partial charge in [-0.3, -0.25) is 9.59 Å². The molecule has 1 fully saturated rings. The maximum absolute atomic E-state index is 12.3. The normalized spacial score (nSPS) is 17.3. The summed E-state index contributed by atoms with van der Waals surface area (Å²) in [5.74, 6) is -0.986. The third-order valence-corrected chi connectivity index (χ3v) is 5.46. The quantitative estimate of drug-likeness (QED) is 0.904. The largest absolute Gasteiger partial charge is 0.481 e. The van der Waals surface area contributed by atoms with E-state index in [-0.39, 0.29) is 12.5 Å². The van der Waals surface area contributed by atoms with Crippen LogP contribution in [0.5, 0.6) is 0 Å². The van der Waals surface area contributed by atoms with Crippen molar-refractivity contribution in [1.82, 2.24) is 5.32 Å². The van der Waals surface area contributed by atoms with Gasteiger partial charge in [-0.15, -0.1) is 11.3 Å². The second-order valence-corrected chi connectivity index (χ2v) is 6.95. The molecule has 2 aromatic rings. The van der Waals surface area contributed by atoms with Crippen LogP contribution in [0.3, 0.4) is 0 Å². The first-order chi connectivity index (χ1) is 10.6. The van der Waals surface area contributed by atoms with Gasteiger partial charge in [0.15, 0.2) is 0 Å². The maximum Gasteiger partial charge on any atom is 0.311 e. The Bertz CT molecular complexity index is 701. The summed E-state index contributed by atoms with van der Waals surface area (Å²) < 4.78 is 1.14. The first-order valence-corrected chi connectivity index (χ1v) is 8.48. The topological polar surface area (TPSA) is 66.4 Å². The lowest BCUT2D eigenvalue weighted by Gasteiger charge is -2.33. The van der Waals surface area contributed by atoms with Crippen molar-refractivity contribution < 1.29 is 14.7 Å². The molecular weight excluding hydrogens is 298 g/mol. The molecule has 0 unspecified atom stereocenters. The molecule has 2 N–H and O–H groups in total. The fourth-order valence-electron chi connectivity index (χ4n) is 3.15. The lowest BCUT2D eigenvalue weighted by Crippen LogP contribution is -2.44. The Balaban J connectivity index is 1.71. The zero-order valence-corrected chi connectivity index (χ0v) is 13.1. The fourth-order valence-corrected chi connectivity index (χ4v) is 3.93. The molecule has 1 aliphatic rings. The number of carbonyl (C=O) groups is 2. The van der Waals surface area contributed by atoms with E-state index in [1.165, 1.54) is 0 Å². The lowest BCUT2D eigenvalue weighted by atomic mass is 9.74. The lowest BCUT2D eigenvalue weighted by molar-refractivity contribution is -0.150. The number of nitrogens with one attached hydrogen (secondary N) is 1. The number of fused-ring (bicyclic) bond motifs is 1. The molecular formula is C17H19NO3S. The third-order valence-electron chi connectivity index (χ3n) is 4.57. The molecule has 1 saturated carbocycles. The average molecular weight is 317 g/mol. The van der Waals surface area contributed by atoms with E-state index in [1.54, 1.807) is 17.4 Å². The Morgan fingerprint density at radius 2 is 1.95 bits per heavy atom. The van der Waals surface area contributed by atoms with Gasteiger partial charge >= 0.3 is 5.97 Å². The van der Waals surface area contributed by atoms with Gasteiger partial charge < -0.3 is 10.4 Å². The summed E-state index contributed by atoms with van der Waals surface area (Å²) in [6, 6.07) is 7.57. The molecule has 3 rings (SSSR count). The number of thiophene rings is 1. The molecule has 0 atom stereocenters. The molecule has 0 saturated heterocycles. The Kier molecular flexibility index (Phi) is 4.16. The minimum Gasteiger partial charge on any atom is -0.481 e. The van der Waals surface area contributed by atoms with Crippen molar-refractivity contribution in [3.05, 3.63) is 35.2 Å². The van der Waals surface area contributed by atoms with Crippen LogP contribution in [-0.4, -0.2) is 23.5 Å². The molecule has 4 nitrogen and oxygen atoms in total. The molecule has 1 aromatic carbocycles. The standard InChI is InChI=1S/C17H19NO3S/c19-15(13-4-5-14-12(10-13)6-9-22-14)18-11-17(16(20)21)7-2-1-3-8-17/h4-6,9-10H,1-3,7-8,11H2,(H,18,19)(H,20,21). The fraction of sp³-hybridized carbons (Fsp3) is 0.412. The smallest absolute Gasteiger partial charge is 0.311 e. The van der Waals surface area contributed by atoms with Crippen LogP contribution in [0.1, 0.15) is 42.5 Å². The van der Waals surface area contributed by atoms with Crippen molar-refractivity contribution in [2.75, 3.05) is 6.54 Å². The van der Waals surface area contributed by atoms with E-state index in [2.05, 4.69) is 5.32 Å². The molecule has 1 aliphatic carbocycles. The number of benzene rings is 1. The molecule has 1 amide bonds. The van der Waals surface area contributed by atoms with Crippen LogP contribution in [-0.2, 0) is 4.79 Å². The van der Waals surface area contributed by atoms with Gasteiger partial charge in [-0.05, 0) is 47.9 Å². The molecule has 22 heavy (non-hydrogen) atoms. The van der Waals surface area contributed by atoms with Crippen LogP contribution in [0.2, 0.25) is 0 Å². The van der Waals surface area contributed by atoms with E-state index in [0.717, 1.165) is 29.3 Å². The Hall–Kier alpha value is -1.88. The summed E-state index contributed by atoms with van der Waals surface area (Å²) in [6.07, 6.45) is 4.21. The van der Waals surface area contributed by atoms with E-state index < -0.39 is 11.4 Å². The molecule has 5 heteroatoms. The number of hydrogen-bond acceptors (Lipinski definition) is 3. The third kappa shape index (κ3) is 2.86. The van der Waals surface area contributed by atoms with Gasteiger partial charge in [0.2, 0.25) is 0 Å². The van der Waals surface area contributed by atoms with Gasteiger partial charge in [0.1, 0.15) is 0 Å². The number of hydrogen-bond donors (Lipinski definition) is 2. The van der Waals surface area contributed by atoms with Gasteiger partial charge in [-0.1, -0.05) is 19.3 Å². The predicted molar refractivity (Wildman–Crippen MR) is 87.3 cm³/mol. The number of carboxylic acid groups (broad SMARTS) is 1. The Morgan fingerprint density at radius 3 is 2.68 bits per heavy atom. The van der Waals surface area contributed by atoms with E-state index in [1.807, 2.05) is 23.6 Å². The minimum absolute atomic E-state index is 0.195. The molecule has 1 aromatic heterocycles. The van der Waals surface area contributed by atoms with Crippen molar-refractivity contribution in [3.63, 3.8) is 0 Å².